The maximum absolute atomic E-state index is 12.2. The molecule has 1 heteroatoms. The van der Waals surface area contributed by atoms with Crippen LogP contribution in [-0.2, 0) is 17.6 Å². The Morgan fingerprint density at radius 3 is 2.17 bits per heavy atom. The Bertz CT molecular complexity index is 350. The highest BCUT2D eigenvalue weighted by atomic mass is 16.1. The maximum Gasteiger partial charge on any atom is 0.140 e. The molecule has 0 saturated heterocycles. The standard InChI is InChI=1S/C17H26O/c1-4-7-8-16(6-3)17(18)13-15-11-9-14(5-2)10-12-15/h9-12,16H,4-8,13H2,1-3H3. The van der Waals surface area contributed by atoms with Gasteiger partial charge in [-0.1, -0.05) is 57.9 Å². The van der Waals surface area contributed by atoms with E-state index in [1.165, 1.54) is 18.4 Å². The summed E-state index contributed by atoms with van der Waals surface area (Å²) in [6.07, 6.45) is 6.03. The molecule has 0 aliphatic rings. The monoisotopic (exact) mass is 246 g/mol. The van der Waals surface area contributed by atoms with Crippen LogP contribution in [-0.4, -0.2) is 5.78 Å². The molecular formula is C17H26O. The van der Waals surface area contributed by atoms with E-state index in [1.807, 2.05) is 0 Å². The van der Waals surface area contributed by atoms with Gasteiger partial charge in [0.1, 0.15) is 5.78 Å². The molecule has 1 nitrogen and oxygen atoms in total. The van der Waals surface area contributed by atoms with E-state index in [0.717, 1.165) is 24.8 Å². The van der Waals surface area contributed by atoms with Crippen LogP contribution >= 0.6 is 0 Å². The highest BCUT2D eigenvalue weighted by molar-refractivity contribution is 5.83. The average Bonchev–Trinajstić information content (AvgIpc) is 2.40. The van der Waals surface area contributed by atoms with Gasteiger partial charge in [0.05, 0.1) is 0 Å². The zero-order valence-corrected chi connectivity index (χ0v) is 12.0. The van der Waals surface area contributed by atoms with Gasteiger partial charge in [-0.3, -0.25) is 4.79 Å². The van der Waals surface area contributed by atoms with Crippen molar-refractivity contribution >= 4 is 5.78 Å². The summed E-state index contributed by atoms with van der Waals surface area (Å²) >= 11 is 0. The van der Waals surface area contributed by atoms with Crippen molar-refractivity contribution in [1.29, 1.82) is 0 Å². The highest BCUT2D eigenvalue weighted by Crippen LogP contribution is 2.17. The van der Waals surface area contributed by atoms with E-state index < -0.39 is 0 Å². The van der Waals surface area contributed by atoms with Gasteiger partial charge in [-0.05, 0) is 30.4 Å². The maximum atomic E-state index is 12.2. The summed E-state index contributed by atoms with van der Waals surface area (Å²) in [6.45, 7) is 6.46. The first-order valence-corrected chi connectivity index (χ1v) is 7.31. The molecule has 1 aromatic carbocycles. The van der Waals surface area contributed by atoms with Gasteiger partial charge >= 0.3 is 0 Å². The van der Waals surface area contributed by atoms with E-state index in [1.54, 1.807) is 0 Å². The third kappa shape index (κ3) is 4.64. The molecule has 1 unspecified atom stereocenters. The second-order valence-electron chi connectivity index (χ2n) is 5.06. The van der Waals surface area contributed by atoms with Gasteiger partial charge < -0.3 is 0 Å². The molecule has 0 bridgehead atoms. The normalized spacial score (nSPS) is 12.4. The van der Waals surface area contributed by atoms with E-state index in [-0.39, 0.29) is 5.92 Å². The zero-order chi connectivity index (χ0) is 13.4. The fourth-order valence-electron chi connectivity index (χ4n) is 2.28. The molecule has 100 valence electrons. The van der Waals surface area contributed by atoms with Crippen molar-refractivity contribution in [2.75, 3.05) is 0 Å². The van der Waals surface area contributed by atoms with E-state index in [0.29, 0.717) is 12.2 Å². The number of ketones is 1. The Morgan fingerprint density at radius 1 is 1.06 bits per heavy atom. The largest absolute Gasteiger partial charge is 0.299 e. The minimum atomic E-state index is 0.260. The summed E-state index contributed by atoms with van der Waals surface area (Å²) in [5, 5.41) is 0. The van der Waals surface area contributed by atoms with Gasteiger partial charge in [-0.25, -0.2) is 0 Å². The summed E-state index contributed by atoms with van der Waals surface area (Å²) in [4.78, 5) is 12.2. The topological polar surface area (TPSA) is 17.1 Å². The van der Waals surface area contributed by atoms with Crippen molar-refractivity contribution in [1.82, 2.24) is 0 Å². The minimum absolute atomic E-state index is 0.260. The van der Waals surface area contributed by atoms with E-state index >= 15 is 0 Å². The molecule has 0 amide bonds. The lowest BCUT2D eigenvalue weighted by molar-refractivity contribution is -0.122. The van der Waals surface area contributed by atoms with Gasteiger partial charge in [-0.15, -0.1) is 0 Å². The molecule has 0 fully saturated rings. The Hall–Kier alpha value is -1.11. The molecule has 1 aromatic rings. The predicted molar refractivity (Wildman–Crippen MR) is 77.8 cm³/mol. The third-order valence-corrected chi connectivity index (χ3v) is 3.66. The van der Waals surface area contributed by atoms with Crippen molar-refractivity contribution in [2.24, 2.45) is 5.92 Å². The zero-order valence-electron chi connectivity index (χ0n) is 12.0. The molecule has 0 spiro atoms. The van der Waals surface area contributed by atoms with Gasteiger partial charge in [0.15, 0.2) is 0 Å². The number of carbonyl (C=O) groups excluding carboxylic acids is 1. The number of hydrogen-bond acceptors (Lipinski definition) is 1. The Labute approximate surface area is 112 Å². The van der Waals surface area contributed by atoms with Gasteiger partial charge in [-0.2, -0.15) is 0 Å². The SMILES string of the molecule is CCCCC(CC)C(=O)Cc1ccc(CC)cc1. The average molecular weight is 246 g/mol. The van der Waals surface area contributed by atoms with E-state index in [4.69, 9.17) is 0 Å². The molecule has 0 heterocycles. The Kier molecular flexibility index (Phi) is 6.70. The summed E-state index contributed by atoms with van der Waals surface area (Å²) in [5.74, 6) is 0.672. The summed E-state index contributed by atoms with van der Waals surface area (Å²) in [5.41, 5.74) is 2.50. The lowest BCUT2D eigenvalue weighted by Gasteiger charge is -2.13. The summed E-state index contributed by atoms with van der Waals surface area (Å²) < 4.78 is 0. The highest BCUT2D eigenvalue weighted by Gasteiger charge is 2.15. The predicted octanol–water partition coefficient (Wildman–Crippen LogP) is 4.58. The van der Waals surface area contributed by atoms with Gasteiger partial charge in [0.25, 0.3) is 0 Å². The van der Waals surface area contributed by atoms with Crippen LogP contribution in [0.2, 0.25) is 0 Å². The third-order valence-electron chi connectivity index (χ3n) is 3.66. The quantitative estimate of drug-likeness (QED) is 0.656. The van der Waals surface area contributed by atoms with Crippen molar-refractivity contribution in [3.05, 3.63) is 35.4 Å². The molecular weight excluding hydrogens is 220 g/mol. The molecule has 0 saturated carbocycles. The van der Waals surface area contributed by atoms with Crippen LogP contribution < -0.4 is 0 Å². The number of Topliss-reactive ketones (excluding diaryl/α,β-unsaturated/α-hetero) is 1. The van der Waals surface area contributed by atoms with Crippen LogP contribution in [0.1, 0.15) is 57.6 Å². The van der Waals surface area contributed by atoms with Gasteiger partial charge in [0.2, 0.25) is 0 Å². The molecule has 1 rings (SSSR count). The molecule has 0 aliphatic carbocycles. The molecule has 1 atom stereocenters. The van der Waals surface area contributed by atoms with Crippen LogP contribution in [0, 0.1) is 5.92 Å². The fourth-order valence-corrected chi connectivity index (χ4v) is 2.28. The molecule has 18 heavy (non-hydrogen) atoms. The van der Waals surface area contributed by atoms with Crippen molar-refractivity contribution in [3.8, 4) is 0 Å². The number of hydrogen-bond donors (Lipinski definition) is 0. The number of aryl methyl sites for hydroxylation is 1. The van der Waals surface area contributed by atoms with Crippen LogP contribution in [0.15, 0.2) is 24.3 Å². The first kappa shape index (κ1) is 14.9. The lowest BCUT2D eigenvalue weighted by atomic mass is 9.91. The van der Waals surface area contributed by atoms with Crippen molar-refractivity contribution in [2.45, 2.75) is 59.3 Å². The number of unbranched alkanes of at least 4 members (excludes halogenated alkanes) is 1. The fraction of sp³-hybridized carbons (Fsp3) is 0.588. The Balaban J connectivity index is 2.55. The van der Waals surface area contributed by atoms with Crippen LogP contribution in [0.25, 0.3) is 0 Å². The molecule has 0 aliphatic heterocycles. The minimum Gasteiger partial charge on any atom is -0.299 e. The molecule has 0 N–H and O–H groups in total. The molecule has 0 aromatic heterocycles. The Morgan fingerprint density at radius 2 is 1.67 bits per heavy atom. The number of benzene rings is 1. The number of carbonyl (C=O) groups is 1. The first-order valence-electron chi connectivity index (χ1n) is 7.31. The smallest absolute Gasteiger partial charge is 0.140 e. The lowest BCUT2D eigenvalue weighted by Crippen LogP contribution is -2.16. The van der Waals surface area contributed by atoms with Crippen molar-refractivity contribution < 1.29 is 4.79 Å². The van der Waals surface area contributed by atoms with Crippen LogP contribution in [0.5, 0.6) is 0 Å². The number of rotatable bonds is 8. The summed E-state index contributed by atoms with van der Waals surface area (Å²) in [6, 6.07) is 8.47. The van der Waals surface area contributed by atoms with Crippen LogP contribution in [0.4, 0.5) is 0 Å². The second-order valence-corrected chi connectivity index (χ2v) is 5.06. The molecule has 0 radical (unpaired) electrons. The van der Waals surface area contributed by atoms with Gasteiger partial charge in [0, 0.05) is 12.3 Å². The van der Waals surface area contributed by atoms with E-state index in [9.17, 15) is 4.79 Å². The van der Waals surface area contributed by atoms with Crippen LogP contribution in [0.3, 0.4) is 0 Å². The van der Waals surface area contributed by atoms with Crippen molar-refractivity contribution in [3.63, 3.8) is 0 Å². The summed E-state index contributed by atoms with van der Waals surface area (Å²) in [7, 11) is 0. The van der Waals surface area contributed by atoms with E-state index in [2.05, 4.69) is 45.0 Å². The first-order chi connectivity index (χ1) is 8.71. The second kappa shape index (κ2) is 8.07.